The van der Waals surface area contributed by atoms with Crippen molar-refractivity contribution >= 4 is 70.8 Å². The number of aliphatic imine (C=N–C) groups is 1. The highest BCUT2D eigenvalue weighted by Gasteiger charge is 2.30. The first-order valence-electron chi connectivity index (χ1n) is 5.85. The molecule has 1 aromatic carbocycles. The largest absolute Gasteiger partial charge is 0.369 e. The minimum atomic E-state index is 0.150. The lowest BCUT2D eigenvalue weighted by atomic mass is 10.2. The fraction of sp³-hybridized carbons (Fsp3) is 0.154. The topological polar surface area (TPSA) is 41.6 Å². The minimum Gasteiger partial charge on any atom is -0.369 e. The zero-order valence-corrected chi connectivity index (χ0v) is 15.8. The Kier molecular flexibility index (Phi) is 4.21. The number of nitrogens with zero attached hydrogens (tertiary/aromatic N) is 2. The molecule has 7 heteroatoms. The van der Waals surface area contributed by atoms with Gasteiger partial charge in [-0.2, -0.15) is 0 Å². The summed E-state index contributed by atoms with van der Waals surface area (Å²) >= 11 is 12.3. The van der Waals surface area contributed by atoms with Gasteiger partial charge in [-0.05, 0) is 56.1 Å². The summed E-state index contributed by atoms with van der Waals surface area (Å²) in [5.41, 5.74) is 7.12. The minimum absolute atomic E-state index is 0.150. The van der Waals surface area contributed by atoms with Gasteiger partial charge in [-0.25, -0.2) is 0 Å². The summed E-state index contributed by atoms with van der Waals surface area (Å²) in [6.07, 6.45) is 0. The maximum Gasteiger partial charge on any atom is 0.196 e. The van der Waals surface area contributed by atoms with Gasteiger partial charge in [0.25, 0.3) is 0 Å². The maximum absolute atomic E-state index is 6.08. The standard InChI is InChI=1S/C13H10Br3N3S/c14-7-2-1-3-8(4-7)19-10(6-18-13(19)17)11-5-9(15)12(16)20-11/h1-5,10H,6H2,(H2,17,18). The first-order valence-corrected chi connectivity index (χ1v) is 9.05. The highest BCUT2D eigenvalue weighted by Crippen LogP contribution is 2.40. The molecule has 0 saturated carbocycles. The fourth-order valence-electron chi connectivity index (χ4n) is 2.18. The molecule has 1 unspecified atom stereocenters. The van der Waals surface area contributed by atoms with Crippen LogP contribution in [0.1, 0.15) is 10.9 Å². The molecule has 2 heterocycles. The van der Waals surface area contributed by atoms with Crippen molar-refractivity contribution in [2.75, 3.05) is 11.4 Å². The van der Waals surface area contributed by atoms with E-state index in [1.807, 2.05) is 18.2 Å². The smallest absolute Gasteiger partial charge is 0.196 e. The van der Waals surface area contributed by atoms with E-state index >= 15 is 0 Å². The third kappa shape index (κ3) is 2.68. The number of hydrogen-bond acceptors (Lipinski definition) is 4. The van der Waals surface area contributed by atoms with Crippen molar-refractivity contribution in [1.82, 2.24) is 0 Å². The SMILES string of the molecule is NC1=NCC(c2cc(Br)c(Br)s2)N1c1cccc(Br)c1. The van der Waals surface area contributed by atoms with E-state index in [1.165, 1.54) is 4.88 Å². The van der Waals surface area contributed by atoms with Crippen molar-refractivity contribution in [2.45, 2.75) is 6.04 Å². The average Bonchev–Trinajstić information content (AvgIpc) is 2.93. The molecule has 0 fully saturated rings. The van der Waals surface area contributed by atoms with Gasteiger partial charge in [0, 0.05) is 19.5 Å². The van der Waals surface area contributed by atoms with Crippen molar-refractivity contribution < 1.29 is 0 Å². The van der Waals surface area contributed by atoms with Crippen molar-refractivity contribution in [1.29, 1.82) is 0 Å². The van der Waals surface area contributed by atoms with Crippen LogP contribution >= 0.6 is 59.1 Å². The fourth-order valence-corrected chi connectivity index (χ4v) is 4.74. The van der Waals surface area contributed by atoms with Crippen LogP contribution in [-0.2, 0) is 0 Å². The second kappa shape index (κ2) is 5.79. The number of nitrogens with two attached hydrogens (primary N) is 1. The van der Waals surface area contributed by atoms with Crippen molar-refractivity contribution in [3.8, 4) is 0 Å². The molecule has 0 aliphatic carbocycles. The molecule has 20 heavy (non-hydrogen) atoms. The molecule has 1 aliphatic rings. The number of guanidine groups is 1. The Labute approximate surface area is 146 Å². The molecular weight excluding hydrogens is 470 g/mol. The van der Waals surface area contributed by atoms with Gasteiger partial charge < -0.3 is 10.6 Å². The average molecular weight is 480 g/mol. The van der Waals surface area contributed by atoms with E-state index < -0.39 is 0 Å². The summed E-state index contributed by atoms with van der Waals surface area (Å²) in [4.78, 5) is 7.71. The van der Waals surface area contributed by atoms with E-state index in [4.69, 9.17) is 5.73 Å². The molecule has 0 amide bonds. The Morgan fingerprint density at radius 1 is 1.25 bits per heavy atom. The van der Waals surface area contributed by atoms with Crippen molar-refractivity contribution in [3.05, 3.63) is 47.9 Å². The van der Waals surface area contributed by atoms with Crippen LogP contribution in [0.25, 0.3) is 0 Å². The molecule has 104 valence electrons. The molecule has 3 nitrogen and oxygen atoms in total. The summed E-state index contributed by atoms with van der Waals surface area (Å²) in [5, 5.41) is 0. The Morgan fingerprint density at radius 2 is 2.05 bits per heavy atom. The van der Waals surface area contributed by atoms with Crippen LogP contribution in [0.15, 0.2) is 48.1 Å². The molecule has 0 radical (unpaired) electrons. The second-order valence-corrected chi connectivity index (χ2v) is 8.51. The zero-order chi connectivity index (χ0) is 14.3. The molecule has 3 rings (SSSR count). The lowest BCUT2D eigenvalue weighted by Gasteiger charge is -2.25. The van der Waals surface area contributed by atoms with E-state index in [9.17, 15) is 0 Å². The zero-order valence-electron chi connectivity index (χ0n) is 10.2. The van der Waals surface area contributed by atoms with Crippen LogP contribution in [-0.4, -0.2) is 12.5 Å². The number of benzene rings is 1. The third-order valence-corrected chi connectivity index (χ3v) is 6.91. The van der Waals surface area contributed by atoms with Crippen LogP contribution < -0.4 is 10.6 Å². The lowest BCUT2D eigenvalue weighted by Crippen LogP contribution is -2.35. The van der Waals surface area contributed by atoms with Crippen LogP contribution in [0.5, 0.6) is 0 Å². The number of rotatable bonds is 2. The molecule has 0 bridgehead atoms. The van der Waals surface area contributed by atoms with Gasteiger partial charge in [0.05, 0.1) is 16.4 Å². The number of hydrogen-bond donors (Lipinski definition) is 1. The molecule has 1 aromatic heterocycles. The van der Waals surface area contributed by atoms with Crippen LogP contribution in [0.4, 0.5) is 5.69 Å². The van der Waals surface area contributed by atoms with E-state index in [1.54, 1.807) is 11.3 Å². The first-order chi connectivity index (χ1) is 9.56. The van der Waals surface area contributed by atoms with Gasteiger partial charge in [-0.3, -0.25) is 4.99 Å². The highest BCUT2D eigenvalue weighted by atomic mass is 79.9. The predicted octanol–water partition coefficient (Wildman–Crippen LogP) is 4.91. The van der Waals surface area contributed by atoms with Crippen LogP contribution in [0.3, 0.4) is 0 Å². The van der Waals surface area contributed by atoms with Gasteiger partial charge >= 0.3 is 0 Å². The van der Waals surface area contributed by atoms with E-state index in [2.05, 4.69) is 69.8 Å². The number of thiophene rings is 1. The normalized spacial score (nSPS) is 18.4. The molecule has 1 atom stereocenters. The Bertz CT molecular complexity index is 664. The summed E-state index contributed by atoms with van der Waals surface area (Å²) in [7, 11) is 0. The summed E-state index contributed by atoms with van der Waals surface area (Å²) < 4.78 is 3.19. The first kappa shape index (κ1) is 14.6. The Morgan fingerprint density at radius 3 is 2.70 bits per heavy atom. The third-order valence-electron chi connectivity index (χ3n) is 3.06. The van der Waals surface area contributed by atoms with Gasteiger partial charge in [-0.1, -0.05) is 22.0 Å². The van der Waals surface area contributed by atoms with Crippen LogP contribution in [0, 0.1) is 0 Å². The molecule has 2 N–H and O–H groups in total. The number of halogens is 3. The molecule has 1 aliphatic heterocycles. The maximum atomic E-state index is 6.08. The van der Waals surface area contributed by atoms with Gasteiger partial charge in [0.15, 0.2) is 5.96 Å². The van der Waals surface area contributed by atoms with E-state index in [0.717, 1.165) is 18.4 Å². The van der Waals surface area contributed by atoms with Crippen LogP contribution in [0.2, 0.25) is 0 Å². The van der Waals surface area contributed by atoms with Gasteiger partial charge in [-0.15, -0.1) is 11.3 Å². The molecular formula is C13H10Br3N3S. The van der Waals surface area contributed by atoms with E-state index in [0.29, 0.717) is 12.5 Å². The summed E-state index contributed by atoms with van der Waals surface area (Å²) in [6, 6.07) is 10.4. The van der Waals surface area contributed by atoms with Gasteiger partial charge in [0.2, 0.25) is 0 Å². The molecule has 2 aromatic rings. The van der Waals surface area contributed by atoms with Crippen molar-refractivity contribution in [3.63, 3.8) is 0 Å². The Balaban J connectivity index is 2.00. The highest BCUT2D eigenvalue weighted by molar-refractivity contribution is 9.13. The number of anilines is 1. The summed E-state index contributed by atoms with van der Waals surface area (Å²) in [5.74, 6) is 0.564. The van der Waals surface area contributed by atoms with Gasteiger partial charge in [0.1, 0.15) is 0 Å². The quantitative estimate of drug-likeness (QED) is 0.664. The molecule has 0 saturated heterocycles. The Hall–Kier alpha value is -0.370. The summed E-state index contributed by atoms with van der Waals surface area (Å²) in [6.45, 7) is 0.678. The van der Waals surface area contributed by atoms with Crippen molar-refractivity contribution in [2.24, 2.45) is 10.7 Å². The lowest BCUT2D eigenvalue weighted by molar-refractivity contribution is 0.784. The predicted molar refractivity (Wildman–Crippen MR) is 95.6 cm³/mol. The monoisotopic (exact) mass is 477 g/mol. The van der Waals surface area contributed by atoms with E-state index in [-0.39, 0.29) is 6.04 Å². The second-order valence-electron chi connectivity index (χ2n) is 4.33. The molecule has 0 spiro atoms.